The number of carbonyl (C=O) groups excluding carboxylic acids is 3. The zero-order valence-corrected chi connectivity index (χ0v) is 22.4. The van der Waals surface area contributed by atoms with E-state index < -0.39 is 0 Å². The number of amides is 4. The Kier molecular flexibility index (Phi) is 15.8. The van der Waals surface area contributed by atoms with Crippen LogP contribution >= 0.6 is 11.8 Å². The summed E-state index contributed by atoms with van der Waals surface area (Å²) in [7, 11) is 0. The largest absolute Gasteiger partial charge is 0.379 e. The first-order valence-electron chi connectivity index (χ1n) is 13.1. The number of urea groups is 1. The summed E-state index contributed by atoms with van der Waals surface area (Å²) in [6, 6.07) is 0.689. The molecule has 0 radical (unpaired) electrons. The lowest BCUT2D eigenvalue weighted by Crippen LogP contribution is -2.40. The fourth-order valence-electron chi connectivity index (χ4n) is 4.31. The van der Waals surface area contributed by atoms with Crippen LogP contribution in [0.3, 0.4) is 0 Å². The third-order valence-corrected chi connectivity index (χ3v) is 7.62. The van der Waals surface area contributed by atoms with Crippen LogP contribution in [0.25, 0.3) is 0 Å². The molecule has 0 aliphatic carbocycles. The van der Waals surface area contributed by atoms with Gasteiger partial charge >= 0.3 is 6.03 Å². The Labute approximate surface area is 218 Å². The molecule has 3 unspecified atom stereocenters. The number of primary amides is 1. The SMILES string of the molecule is CCN1C(=O)NC2CSC(CCCCCC(=O)NCCOCCOCCOCCOCCC(N)=O)C21. The minimum Gasteiger partial charge on any atom is -0.379 e. The molecule has 12 heteroatoms. The quantitative estimate of drug-likeness (QED) is 0.138. The van der Waals surface area contributed by atoms with E-state index in [4.69, 9.17) is 24.7 Å². The molecule has 11 nitrogen and oxygen atoms in total. The van der Waals surface area contributed by atoms with Crippen LogP contribution in [-0.2, 0) is 28.5 Å². The lowest BCUT2D eigenvalue weighted by molar-refractivity contribution is -0.121. The van der Waals surface area contributed by atoms with Gasteiger partial charge in [0.05, 0.1) is 64.9 Å². The number of hydrogen-bond acceptors (Lipinski definition) is 8. The van der Waals surface area contributed by atoms with Crippen LogP contribution in [0.2, 0.25) is 0 Å². The third kappa shape index (κ3) is 12.1. The number of unbranched alkanes of at least 4 members (excludes halogenated alkanes) is 2. The number of nitrogens with one attached hydrogen (secondary N) is 2. The summed E-state index contributed by atoms with van der Waals surface area (Å²) in [5, 5.41) is 6.48. The normalized spacial score (nSPS) is 21.0. The Morgan fingerprint density at radius 3 is 2.25 bits per heavy atom. The maximum Gasteiger partial charge on any atom is 0.318 e. The van der Waals surface area contributed by atoms with Crippen molar-refractivity contribution >= 4 is 29.6 Å². The van der Waals surface area contributed by atoms with Gasteiger partial charge in [-0.2, -0.15) is 11.8 Å². The molecule has 4 N–H and O–H groups in total. The Balaban J connectivity index is 1.31. The number of hydrogen-bond donors (Lipinski definition) is 3. The first-order valence-corrected chi connectivity index (χ1v) is 14.1. The summed E-state index contributed by atoms with van der Waals surface area (Å²) in [4.78, 5) is 36.5. The summed E-state index contributed by atoms with van der Waals surface area (Å²) >= 11 is 1.97. The predicted octanol–water partition coefficient (Wildman–Crippen LogP) is 0.893. The standard InChI is InChI=1S/C24H44N4O7S/c1-2-28-23-19(27-24(28)31)18-36-20(23)6-4-3-5-7-22(30)26-9-11-33-13-15-35-17-16-34-14-12-32-10-8-21(25)29/h19-20,23H,2-18H2,1H3,(H2,25,29)(H,26,30)(H,27,31). The molecule has 0 aromatic heterocycles. The molecule has 3 atom stereocenters. The topological polar surface area (TPSA) is 141 Å². The first kappa shape index (κ1) is 30.6. The molecule has 2 fully saturated rings. The lowest BCUT2D eigenvalue weighted by atomic mass is 10.0. The van der Waals surface area contributed by atoms with Crippen LogP contribution in [-0.4, -0.2) is 112 Å². The van der Waals surface area contributed by atoms with Gasteiger partial charge in [-0.05, 0) is 19.8 Å². The number of ether oxygens (including phenoxy) is 4. The van der Waals surface area contributed by atoms with Gasteiger partial charge in [-0.25, -0.2) is 4.79 Å². The molecule has 0 bridgehead atoms. The van der Waals surface area contributed by atoms with Crippen LogP contribution in [0.4, 0.5) is 4.79 Å². The van der Waals surface area contributed by atoms with E-state index in [1.165, 1.54) is 0 Å². The van der Waals surface area contributed by atoms with Crippen molar-refractivity contribution in [3.8, 4) is 0 Å². The minimum absolute atomic E-state index is 0.0589. The highest BCUT2D eigenvalue weighted by Crippen LogP contribution is 2.37. The van der Waals surface area contributed by atoms with Crippen molar-refractivity contribution in [1.82, 2.24) is 15.5 Å². The molecular formula is C24H44N4O7S. The molecular weight excluding hydrogens is 488 g/mol. The van der Waals surface area contributed by atoms with Crippen molar-refractivity contribution in [3.63, 3.8) is 0 Å². The molecule has 208 valence electrons. The Morgan fingerprint density at radius 2 is 1.61 bits per heavy atom. The summed E-state index contributed by atoms with van der Waals surface area (Å²) in [5.41, 5.74) is 5.01. The van der Waals surface area contributed by atoms with Crippen LogP contribution in [0.15, 0.2) is 0 Å². The lowest BCUT2D eigenvalue weighted by Gasteiger charge is -2.26. The molecule has 36 heavy (non-hydrogen) atoms. The number of thioether (sulfide) groups is 1. The van der Waals surface area contributed by atoms with Crippen molar-refractivity contribution in [2.45, 2.75) is 62.8 Å². The van der Waals surface area contributed by atoms with Crippen molar-refractivity contribution in [3.05, 3.63) is 0 Å². The van der Waals surface area contributed by atoms with Gasteiger partial charge in [-0.1, -0.05) is 12.8 Å². The van der Waals surface area contributed by atoms with Crippen molar-refractivity contribution in [1.29, 1.82) is 0 Å². The van der Waals surface area contributed by atoms with E-state index in [2.05, 4.69) is 10.6 Å². The number of nitrogens with two attached hydrogens (primary N) is 1. The molecule has 4 amide bonds. The fraction of sp³-hybridized carbons (Fsp3) is 0.875. The Hall–Kier alpha value is -1.60. The molecule has 0 saturated carbocycles. The van der Waals surface area contributed by atoms with Crippen LogP contribution in [0.5, 0.6) is 0 Å². The van der Waals surface area contributed by atoms with Gasteiger partial charge < -0.3 is 40.2 Å². The van der Waals surface area contributed by atoms with E-state index in [9.17, 15) is 14.4 Å². The predicted molar refractivity (Wildman–Crippen MR) is 138 cm³/mol. The number of fused-ring (bicyclic) bond motifs is 1. The minimum atomic E-state index is -0.376. The van der Waals surface area contributed by atoms with Gasteiger partial charge in [0.25, 0.3) is 0 Å². The van der Waals surface area contributed by atoms with Crippen LogP contribution in [0.1, 0.15) is 45.4 Å². The summed E-state index contributed by atoms with van der Waals surface area (Å²) in [6.45, 7) is 6.77. The second kappa shape index (κ2) is 18.6. The average molecular weight is 533 g/mol. The molecule has 0 spiro atoms. The number of rotatable bonds is 22. The van der Waals surface area contributed by atoms with Crippen molar-refractivity contribution < 1.29 is 33.3 Å². The van der Waals surface area contributed by atoms with Crippen molar-refractivity contribution in [2.75, 3.05) is 71.7 Å². The molecule has 0 aromatic rings. The molecule has 2 saturated heterocycles. The van der Waals surface area contributed by atoms with Crippen molar-refractivity contribution in [2.24, 2.45) is 5.73 Å². The number of carbonyl (C=O) groups is 3. The zero-order valence-electron chi connectivity index (χ0n) is 21.5. The second-order valence-corrected chi connectivity index (χ2v) is 10.1. The highest BCUT2D eigenvalue weighted by molar-refractivity contribution is 8.00. The molecule has 2 aliphatic rings. The maximum atomic E-state index is 12.0. The first-order chi connectivity index (χ1) is 17.5. The van der Waals surface area contributed by atoms with Gasteiger partial charge in [0, 0.05) is 36.9 Å². The Morgan fingerprint density at radius 1 is 0.972 bits per heavy atom. The van der Waals surface area contributed by atoms with E-state index in [0.29, 0.717) is 83.2 Å². The van der Waals surface area contributed by atoms with E-state index in [-0.39, 0.29) is 24.3 Å². The maximum absolute atomic E-state index is 12.0. The van der Waals surface area contributed by atoms with Gasteiger partial charge in [-0.15, -0.1) is 0 Å². The van der Waals surface area contributed by atoms with Gasteiger partial charge in [-0.3, -0.25) is 9.59 Å². The molecule has 2 rings (SSSR count). The summed E-state index contributed by atoms with van der Waals surface area (Å²) in [6.07, 6.45) is 4.82. The monoisotopic (exact) mass is 532 g/mol. The zero-order chi connectivity index (χ0) is 26.0. The Bertz CT molecular complexity index is 658. The fourth-order valence-corrected chi connectivity index (χ4v) is 5.91. The average Bonchev–Trinajstić information content (AvgIpc) is 3.38. The molecule has 2 heterocycles. The van der Waals surface area contributed by atoms with Gasteiger partial charge in [0.15, 0.2) is 0 Å². The molecule has 2 aliphatic heterocycles. The highest BCUT2D eigenvalue weighted by Gasteiger charge is 2.47. The van der Waals surface area contributed by atoms with Crippen LogP contribution < -0.4 is 16.4 Å². The highest BCUT2D eigenvalue weighted by atomic mass is 32.2. The molecule has 0 aromatic carbocycles. The number of nitrogens with zero attached hydrogens (tertiary/aromatic N) is 1. The van der Waals surface area contributed by atoms with Crippen LogP contribution in [0, 0.1) is 0 Å². The van der Waals surface area contributed by atoms with Gasteiger partial charge in [0.2, 0.25) is 11.8 Å². The number of likely N-dealkylation sites (N-methyl/N-ethyl adjacent to an activating group) is 1. The summed E-state index contributed by atoms with van der Waals surface area (Å²) in [5.74, 6) is 0.683. The second-order valence-electron chi connectivity index (χ2n) is 8.82. The summed E-state index contributed by atoms with van der Waals surface area (Å²) < 4.78 is 21.4. The van der Waals surface area contributed by atoms with E-state index in [1.807, 2.05) is 23.6 Å². The smallest absolute Gasteiger partial charge is 0.318 e. The van der Waals surface area contributed by atoms with Gasteiger partial charge in [0.1, 0.15) is 0 Å². The third-order valence-electron chi connectivity index (χ3n) is 6.12. The van der Waals surface area contributed by atoms with E-state index >= 15 is 0 Å². The van der Waals surface area contributed by atoms with E-state index in [0.717, 1.165) is 38.0 Å². The van der Waals surface area contributed by atoms with E-state index in [1.54, 1.807) is 0 Å².